The number of nitrogens with two attached hydrogens (primary N) is 2. The number of hydrogen-bond donors (Lipinski definition) is 3. The number of nitrogens with one attached hydrogen (secondary N) is 1. The standard InChI is InChI=1S/C19H23N7OS/c1-19(2,3)13-9-16(26(25-13)12-7-5-4-6-8-12)24-17(27)11-28-18-22-14(20)10-15(21)23-18/h4-10H,11H2,1-3H3,(H,24,27)(H4,20,21,22,23). The number of aromatic nitrogens is 4. The van der Waals surface area contributed by atoms with Gasteiger partial charge in [0.2, 0.25) is 5.91 Å². The molecule has 1 aromatic carbocycles. The molecule has 146 valence electrons. The van der Waals surface area contributed by atoms with Crippen molar-refractivity contribution in [1.82, 2.24) is 19.7 Å². The number of nitrogens with zero attached hydrogens (tertiary/aromatic N) is 4. The molecule has 0 aliphatic carbocycles. The number of amides is 1. The molecule has 1 amide bonds. The van der Waals surface area contributed by atoms with E-state index in [0.29, 0.717) is 11.0 Å². The van der Waals surface area contributed by atoms with E-state index in [1.807, 2.05) is 36.4 Å². The first-order valence-electron chi connectivity index (χ1n) is 8.71. The summed E-state index contributed by atoms with van der Waals surface area (Å²) in [4.78, 5) is 20.6. The lowest BCUT2D eigenvalue weighted by atomic mass is 9.92. The number of nitrogen functional groups attached to an aromatic ring is 2. The van der Waals surface area contributed by atoms with E-state index in [0.717, 1.165) is 11.4 Å². The van der Waals surface area contributed by atoms with E-state index >= 15 is 0 Å². The molecule has 0 atom stereocenters. The Bertz CT molecular complexity index is 959. The van der Waals surface area contributed by atoms with Gasteiger partial charge in [-0.2, -0.15) is 5.10 Å². The monoisotopic (exact) mass is 397 g/mol. The quantitative estimate of drug-likeness (QED) is 0.446. The highest BCUT2D eigenvalue weighted by atomic mass is 32.2. The van der Waals surface area contributed by atoms with Gasteiger partial charge in [0.1, 0.15) is 17.5 Å². The fourth-order valence-corrected chi connectivity index (χ4v) is 3.11. The molecule has 2 heterocycles. The Morgan fingerprint density at radius 3 is 2.36 bits per heavy atom. The highest BCUT2D eigenvalue weighted by Crippen LogP contribution is 2.26. The zero-order chi connectivity index (χ0) is 20.3. The van der Waals surface area contributed by atoms with E-state index in [9.17, 15) is 4.79 Å². The van der Waals surface area contributed by atoms with Crippen molar-refractivity contribution in [2.45, 2.75) is 31.3 Å². The molecule has 0 aliphatic rings. The molecule has 0 saturated heterocycles. The third-order valence-corrected chi connectivity index (χ3v) is 4.67. The molecule has 5 N–H and O–H groups in total. The van der Waals surface area contributed by atoms with Crippen LogP contribution in [0.5, 0.6) is 0 Å². The van der Waals surface area contributed by atoms with Crippen LogP contribution in [0, 0.1) is 0 Å². The first-order chi connectivity index (χ1) is 13.2. The fourth-order valence-electron chi connectivity index (χ4n) is 2.44. The normalized spacial score (nSPS) is 11.4. The molecule has 0 aliphatic heterocycles. The lowest BCUT2D eigenvalue weighted by Gasteiger charge is -2.14. The summed E-state index contributed by atoms with van der Waals surface area (Å²) in [5.74, 6) is 1.06. The van der Waals surface area contributed by atoms with Gasteiger partial charge in [0.25, 0.3) is 0 Å². The van der Waals surface area contributed by atoms with Crippen LogP contribution < -0.4 is 16.8 Å². The minimum atomic E-state index is -0.202. The highest BCUT2D eigenvalue weighted by Gasteiger charge is 2.21. The van der Waals surface area contributed by atoms with Crippen molar-refractivity contribution in [1.29, 1.82) is 0 Å². The summed E-state index contributed by atoms with van der Waals surface area (Å²) in [6.45, 7) is 6.23. The Hall–Kier alpha value is -3.07. The fraction of sp³-hybridized carbons (Fsp3) is 0.263. The van der Waals surface area contributed by atoms with E-state index in [1.165, 1.54) is 17.8 Å². The van der Waals surface area contributed by atoms with Gasteiger partial charge in [-0.15, -0.1) is 0 Å². The van der Waals surface area contributed by atoms with Crippen LogP contribution in [0.15, 0.2) is 47.6 Å². The highest BCUT2D eigenvalue weighted by molar-refractivity contribution is 7.99. The Kier molecular flexibility index (Phi) is 5.55. The summed E-state index contributed by atoms with van der Waals surface area (Å²) in [6, 6.07) is 13.0. The van der Waals surface area contributed by atoms with Gasteiger partial charge < -0.3 is 16.8 Å². The van der Waals surface area contributed by atoms with Crippen LogP contribution in [0.25, 0.3) is 5.69 Å². The van der Waals surface area contributed by atoms with Gasteiger partial charge in [-0.25, -0.2) is 14.6 Å². The van der Waals surface area contributed by atoms with E-state index in [1.54, 1.807) is 4.68 Å². The number of anilines is 3. The van der Waals surface area contributed by atoms with Crippen LogP contribution in [0.1, 0.15) is 26.5 Å². The van der Waals surface area contributed by atoms with Gasteiger partial charge in [-0.05, 0) is 12.1 Å². The van der Waals surface area contributed by atoms with Crippen molar-refractivity contribution >= 4 is 35.1 Å². The average molecular weight is 398 g/mol. The minimum absolute atomic E-state index is 0.119. The third-order valence-electron chi connectivity index (χ3n) is 3.82. The van der Waals surface area contributed by atoms with Crippen LogP contribution in [0.4, 0.5) is 17.5 Å². The molecule has 0 radical (unpaired) electrons. The van der Waals surface area contributed by atoms with Crippen molar-refractivity contribution in [2.75, 3.05) is 22.5 Å². The van der Waals surface area contributed by atoms with Crippen LogP contribution in [-0.4, -0.2) is 31.4 Å². The summed E-state index contributed by atoms with van der Waals surface area (Å²) in [6.07, 6.45) is 0. The lowest BCUT2D eigenvalue weighted by molar-refractivity contribution is -0.113. The van der Waals surface area contributed by atoms with Crippen LogP contribution >= 0.6 is 11.8 Å². The summed E-state index contributed by atoms with van der Waals surface area (Å²) >= 11 is 1.17. The van der Waals surface area contributed by atoms with Crippen molar-refractivity contribution in [3.05, 3.63) is 48.2 Å². The van der Waals surface area contributed by atoms with Crippen molar-refractivity contribution in [3.8, 4) is 5.69 Å². The smallest absolute Gasteiger partial charge is 0.236 e. The molecule has 9 heteroatoms. The molecule has 3 rings (SSSR count). The van der Waals surface area contributed by atoms with Gasteiger partial charge >= 0.3 is 0 Å². The number of carbonyl (C=O) groups excluding carboxylic acids is 1. The van der Waals surface area contributed by atoms with Gasteiger partial charge in [0, 0.05) is 17.5 Å². The molecule has 0 fully saturated rings. The Labute approximate surface area is 167 Å². The number of hydrogen-bond acceptors (Lipinski definition) is 7. The van der Waals surface area contributed by atoms with Crippen molar-refractivity contribution in [3.63, 3.8) is 0 Å². The van der Waals surface area contributed by atoms with Crippen molar-refractivity contribution in [2.24, 2.45) is 0 Å². The largest absolute Gasteiger partial charge is 0.383 e. The molecule has 2 aromatic heterocycles. The summed E-state index contributed by atoms with van der Waals surface area (Å²) in [7, 11) is 0. The zero-order valence-electron chi connectivity index (χ0n) is 16.0. The molecule has 28 heavy (non-hydrogen) atoms. The molecule has 8 nitrogen and oxygen atoms in total. The number of benzene rings is 1. The molecule has 0 unspecified atom stereocenters. The predicted molar refractivity (Wildman–Crippen MR) is 112 cm³/mol. The first-order valence-corrected chi connectivity index (χ1v) is 9.69. The second-order valence-corrected chi connectivity index (χ2v) is 8.19. The second kappa shape index (κ2) is 7.89. The van der Waals surface area contributed by atoms with Crippen LogP contribution in [-0.2, 0) is 10.2 Å². The first kappa shape index (κ1) is 19.7. The van der Waals surface area contributed by atoms with Gasteiger partial charge in [0.05, 0.1) is 17.1 Å². The maximum Gasteiger partial charge on any atom is 0.236 e. The number of carbonyl (C=O) groups is 1. The molecule has 0 saturated carbocycles. The topological polar surface area (TPSA) is 125 Å². The van der Waals surface area contributed by atoms with E-state index in [-0.39, 0.29) is 28.7 Å². The summed E-state index contributed by atoms with van der Waals surface area (Å²) in [5, 5.41) is 7.97. The van der Waals surface area contributed by atoms with E-state index in [4.69, 9.17) is 11.5 Å². The molecule has 0 bridgehead atoms. The Morgan fingerprint density at radius 2 is 1.75 bits per heavy atom. The van der Waals surface area contributed by atoms with E-state index < -0.39 is 0 Å². The van der Waals surface area contributed by atoms with Gasteiger partial charge in [-0.1, -0.05) is 50.7 Å². The molecular weight excluding hydrogens is 374 g/mol. The maximum atomic E-state index is 12.5. The molecule has 0 spiro atoms. The van der Waals surface area contributed by atoms with Crippen LogP contribution in [0.3, 0.4) is 0 Å². The Balaban J connectivity index is 1.78. The minimum Gasteiger partial charge on any atom is -0.383 e. The number of thioether (sulfide) groups is 1. The Morgan fingerprint density at radius 1 is 1.11 bits per heavy atom. The second-order valence-electron chi connectivity index (χ2n) is 7.25. The molecule has 3 aromatic rings. The summed E-state index contributed by atoms with van der Waals surface area (Å²) < 4.78 is 1.73. The number of para-hydroxylation sites is 1. The molecular formula is C19H23N7OS. The predicted octanol–water partition coefficient (Wildman–Crippen LogP) is 2.86. The third kappa shape index (κ3) is 4.80. The average Bonchev–Trinajstić information content (AvgIpc) is 3.04. The van der Waals surface area contributed by atoms with Crippen LogP contribution in [0.2, 0.25) is 0 Å². The van der Waals surface area contributed by atoms with E-state index in [2.05, 4.69) is 41.2 Å². The lowest BCUT2D eigenvalue weighted by Crippen LogP contribution is -2.17. The SMILES string of the molecule is CC(C)(C)c1cc(NC(=O)CSc2nc(N)cc(N)n2)n(-c2ccccc2)n1. The van der Waals surface area contributed by atoms with Gasteiger partial charge in [-0.3, -0.25) is 4.79 Å². The van der Waals surface area contributed by atoms with Gasteiger partial charge in [0.15, 0.2) is 5.16 Å². The number of rotatable bonds is 5. The van der Waals surface area contributed by atoms with Crippen molar-refractivity contribution < 1.29 is 4.79 Å². The zero-order valence-corrected chi connectivity index (χ0v) is 16.8. The summed E-state index contributed by atoms with van der Waals surface area (Å²) in [5.41, 5.74) is 12.9. The maximum absolute atomic E-state index is 12.5.